The molecule has 0 aliphatic rings. The van der Waals surface area contributed by atoms with Gasteiger partial charge in [0.25, 0.3) is 0 Å². The Balaban J connectivity index is 1.91. The van der Waals surface area contributed by atoms with Crippen molar-refractivity contribution in [2.75, 3.05) is 37.2 Å². The van der Waals surface area contributed by atoms with Gasteiger partial charge in [-0.1, -0.05) is 5.16 Å². The van der Waals surface area contributed by atoms with Gasteiger partial charge in [0, 0.05) is 24.9 Å². The zero-order valence-electron chi connectivity index (χ0n) is 15.9. The lowest BCUT2D eigenvalue weighted by molar-refractivity contribution is -0.116. The molecule has 1 aromatic carbocycles. The Bertz CT molecular complexity index is 808. The maximum absolute atomic E-state index is 12.5. The molecule has 0 radical (unpaired) electrons. The number of hydrogen-bond donors (Lipinski definition) is 1. The predicted molar refractivity (Wildman–Crippen MR) is 105 cm³/mol. The maximum Gasteiger partial charge on any atom is 0.238 e. The summed E-state index contributed by atoms with van der Waals surface area (Å²) in [4.78, 5) is 26.1. The number of carbonyl (C=O) groups is 2. The molecule has 0 saturated carbocycles. The summed E-state index contributed by atoms with van der Waals surface area (Å²) in [6.45, 7) is 3.47. The molecule has 0 aliphatic heterocycles. The van der Waals surface area contributed by atoms with Crippen LogP contribution in [0.1, 0.15) is 12.7 Å². The van der Waals surface area contributed by atoms with Crippen LogP contribution in [0.25, 0.3) is 0 Å². The monoisotopic (exact) mass is 393 g/mol. The molecule has 0 fully saturated rings. The second kappa shape index (κ2) is 9.31. The Kier molecular flexibility index (Phi) is 7.12. The molecular weight excluding hydrogens is 370 g/mol. The third-order valence-corrected chi connectivity index (χ3v) is 4.96. The van der Waals surface area contributed by atoms with Crippen LogP contribution in [0, 0.1) is 6.92 Å². The molecule has 27 heavy (non-hydrogen) atoms. The second-order valence-electron chi connectivity index (χ2n) is 5.76. The fourth-order valence-corrected chi connectivity index (χ4v) is 3.00. The van der Waals surface area contributed by atoms with Crippen LogP contribution in [0.2, 0.25) is 0 Å². The quantitative estimate of drug-likeness (QED) is 0.737. The number of nitrogens with one attached hydrogen (secondary N) is 1. The van der Waals surface area contributed by atoms with Crippen LogP contribution in [0.15, 0.2) is 28.8 Å². The summed E-state index contributed by atoms with van der Waals surface area (Å²) in [7, 11) is 4.76. The van der Waals surface area contributed by atoms with E-state index < -0.39 is 5.25 Å². The van der Waals surface area contributed by atoms with Gasteiger partial charge in [0.2, 0.25) is 11.8 Å². The summed E-state index contributed by atoms with van der Waals surface area (Å²) in [5.74, 6) is 1.87. The first-order valence-corrected chi connectivity index (χ1v) is 9.25. The van der Waals surface area contributed by atoms with Gasteiger partial charge in [-0.05, 0) is 26.0 Å². The predicted octanol–water partition coefficient (Wildman–Crippen LogP) is 2.72. The van der Waals surface area contributed by atoms with Gasteiger partial charge in [-0.25, -0.2) is 0 Å². The van der Waals surface area contributed by atoms with E-state index in [0.29, 0.717) is 28.8 Å². The number of rotatable bonds is 8. The number of aryl methyl sites for hydroxylation is 1. The van der Waals surface area contributed by atoms with E-state index in [-0.39, 0.29) is 17.6 Å². The first kappa shape index (κ1) is 20.6. The van der Waals surface area contributed by atoms with Crippen LogP contribution in [0.3, 0.4) is 0 Å². The Morgan fingerprint density at radius 1 is 1.26 bits per heavy atom. The molecule has 146 valence electrons. The number of aromatic nitrogens is 1. The van der Waals surface area contributed by atoms with Crippen molar-refractivity contribution < 1.29 is 23.6 Å². The fraction of sp³-hybridized carbons (Fsp3) is 0.389. The largest absolute Gasteiger partial charge is 0.493 e. The van der Waals surface area contributed by atoms with E-state index in [2.05, 4.69) is 10.5 Å². The number of ether oxygens (including phenoxy) is 2. The summed E-state index contributed by atoms with van der Waals surface area (Å²) in [6.07, 6.45) is 0. The molecule has 0 bridgehead atoms. The van der Waals surface area contributed by atoms with Gasteiger partial charge in [0.1, 0.15) is 5.76 Å². The number of benzene rings is 1. The third kappa shape index (κ3) is 5.40. The molecule has 1 N–H and O–H groups in total. The van der Waals surface area contributed by atoms with Crippen LogP contribution < -0.4 is 19.7 Å². The zero-order valence-corrected chi connectivity index (χ0v) is 16.8. The number of anilines is 2. The molecule has 8 nitrogen and oxygen atoms in total. The maximum atomic E-state index is 12.5. The number of thioether (sulfide) groups is 1. The standard InChI is InChI=1S/C18H23N3O5S/c1-11-8-16(20-26-11)19-18(23)12(2)27-10-17(22)21(3)13-6-7-14(24-4)15(9-13)25-5/h6-9,12H,10H2,1-5H3,(H,19,20,23). The highest BCUT2D eigenvalue weighted by Crippen LogP contribution is 2.31. The van der Waals surface area contributed by atoms with E-state index in [9.17, 15) is 9.59 Å². The SMILES string of the molecule is COc1ccc(N(C)C(=O)CSC(C)C(=O)Nc2cc(C)on2)cc1OC. The molecule has 0 aliphatic carbocycles. The van der Waals surface area contributed by atoms with E-state index in [4.69, 9.17) is 14.0 Å². The molecule has 1 unspecified atom stereocenters. The van der Waals surface area contributed by atoms with Crippen molar-refractivity contribution in [2.24, 2.45) is 0 Å². The van der Waals surface area contributed by atoms with Gasteiger partial charge >= 0.3 is 0 Å². The molecule has 2 amide bonds. The van der Waals surface area contributed by atoms with Crippen LogP contribution in [0.5, 0.6) is 11.5 Å². The van der Waals surface area contributed by atoms with Gasteiger partial charge < -0.3 is 24.2 Å². The van der Waals surface area contributed by atoms with Crippen molar-refractivity contribution in [2.45, 2.75) is 19.1 Å². The zero-order chi connectivity index (χ0) is 20.0. The van der Waals surface area contributed by atoms with Crippen LogP contribution in [0.4, 0.5) is 11.5 Å². The highest BCUT2D eigenvalue weighted by Gasteiger charge is 2.19. The van der Waals surface area contributed by atoms with Crippen molar-refractivity contribution in [3.63, 3.8) is 0 Å². The van der Waals surface area contributed by atoms with Crippen molar-refractivity contribution >= 4 is 35.1 Å². The first-order chi connectivity index (χ1) is 12.8. The molecule has 0 spiro atoms. The molecule has 2 aromatic rings. The lowest BCUT2D eigenvalue weighted by atomic mass is 10.2. The number of carbonyl (C=O) groups excluding carboxylic acids is 2. The van der Waals surface area contributed by atoms with E-state index in [0.717, 1.165) is 0 Å². The minimum absolute atomic E-state index is 0.135. The fourth-order valence-electron chi connectivity index (χ4n) is 2.20. The average molecular weight is 393 g/mol. The first-order valence-electron chi connectivity index (χ1n) is 8.20. The Hall–Kier alpha value is -2.68. The Labute approximate surface area is 162 Å². The average Bonchev–Trinajstić information content (AvgIpc) is 3.08. The topological polar surface area (TPSA) is 93.9 Å². The molecular formula is C18H23N3O5S. The summed E-state index contributed by atoms with van der Waals surface area (Å²) in [5, 5.41) is 5.95. The number of amides is 2. The normalized spacial score (nSPS) is 11.6. The molecule has 2 rings (SSSR count). The van der Waals surface area contributed by atoms with Crippen molar-refractivity contribution in [1.29, 1.82) is 0 Å². The number of nitrogens with zero attached hydrogens (tertiary/aromatic N) is 2. The van der Waals surface area contributed by atoms with E-state index >= 15 is 0 Å². The molecule has 1 heterocycles. The summed E-state index contributed by atoms with van der Waals surface area (Å²) >= 11 is 1.24. The second-order valence-corrected chi connectivity index (χ2v) is 7.09. The Morgan fingerprint density at radius 3 is 2.56 bits per heavy atom. The number of hydrogen-bond acceptors (Lipinski definition) is 7. The molecule has 1 aromatic heterocycles. The number of methoxy groups -OCH3 is 2. The summed E-state index contributed by atoms with van der Waals surface area (Å²) in [5.41, 5.74) is 0.674. The summed E-state index contributed by atoms with van der Waals surface area (Å²) < 4.78 is 15.4. The van der Waals surface area contributed by atoms with Crippen molar-refractivity contribution in [3.8, 4) is 11.5 Å². The minimum atomic E-state index is -0.426. The van der Waals surface area contributed by atoms with Crippen LogP contribution >= 0.6 is 11.8 Å². The lowest BCUT2D eigenvalue weighted by Crippen LogP contribution is -2.30. The highest BCUT2D eigenvalue weighted by molar-refractivity contribution is 8.01. The highest BCUT2D eigenvalue weighted by atomic mass is 32.2. The minimum Gasteiger partial charge on any atom is -0.493 e. The van der Waals surface area contributed by atoms with Gasteiger partial charge in [0.05, 0.1) is 25.2 Å². The lowest BCUT2D eigenvalue weighted by Gasteiger charge is -2.19. The van der Waals surface area contributed by atoms with Gasteiger partial charge in [-0.15, -0.1) is 11.8 Å². The third-order valence-electron chi connectivity index (χ3n) is 3.83. The van der Waals surface area contributed by atoms with E-state index in [1.54, 1.807) is 52.3 Å². The molecule has 0 saturated heterocycles. The smallest absolute Gasteiger partial charge is 0.238 e. The van der Waals surface area contributed by atoms with Crippen LogP contribution in [-0.2, 0) is 9.59 Å². The van der Waals surface area contributed by atoms with E-state index in [1.165, 1.54) is 23.8 Å². The molecule has 9 heteroatoms. The molecule has 1 atom stereocenters. The Morgan fingerprint density at radius 2 is 1.96 bits per heavy atom. The van der Waals surface area contributed by atoms with Crippen LogP contribution in [-0.4, -0.2) is 49.2 Å². The van der Waals surface area contributed by atoms with Crippen molar-refractivity contribution in [1.82, 2.24) is 5.16 Å². The van der Waals surface area contributed by atoms with E-state index in [1.807, 2.05) is 0 Å². The van der Waals surface area contributed by atoms with Gasteiger partial charge in [0.15, 0.2) is 17.3 Å². The van der Waals surface area contributed by atoms with Gasteiger partial charge in [-0.2, -0.15) is 0 Å². The van der Waals surface area contributed by atoms with Gasteiger partial charge in [-0.3, -0.25) is 9.59 Å². The van der Waals surface area contributed by atoms with Crippen molar-refractivity contribution in [3.05, 3.63) is 30.0 Å². The summed E-state index contributed by atoms with van der Waals surface area (Å²) in [6, 6.07) is 6.86.